The summed E-state index contributed by atoms with van der Waals surface area (Å²) in [6, 6.07) is 7.52. The molecule has 0 aliphatic rings. The minimum absolute atomic E-state index is 0.428. The first-order valence-electron chi connectivity index (χ1n) is 3.85. The molecule has 4 heteroatoms. The van der Waals surface area contributed by atoms with E-state index < -0.39 is 0 Å². The predicted molar refractivity (Wildman–Crippen MR) is 49.8 cm³/mol. The minimum Gasteiger partial charge on any atom is -0.369 e. The Labute approximate surface area is 75.2 Å². The largest absolute Gasteiger partial charge is 0.369 e. The van der Waals surface area contributed by atoms with Gasteiger partial charge in [-0.15, -0.1) is 0 Å². The average Bonchev–Trinajstić information content (AvgIpc) is 2.43. The zero-order valence-electron chi connectivity index (χ0n) is 7.15. The van der Waals surface area contributed by atoms with Crippen molar-refractivity contribution in [1.82, 2.24) is 9.55 Å². The van der Waals surface area contributed by atoms with Gasteiger partial charge in [-0.3, -0.25) is 0 Å². The number of nitrogens with two attached hydrogens (primary N) is 1. The van der Waals surface area contributed by atoms with Crippen LogP contribution in [0.4, 0.5) is 5.95 Å². The lowest BCUT2D eigenvalue weighted by atomic mass is 10.2. The van der Waals surface area contributed by atoms with Gasteiger partial charge >= 0.3 is 0 Å². The molecule has 1 aromatic carbocycles. The number of nitriles is 1. The standard InChI is InChI=1S/C9H8N4/c1-13-7-4-2-3-6(5-10)8(7)12-9(13)11/h2-4H,1H3,(H2,11,12). The Balaban J connectivity index is 2.95. The van der Waals surface area contributed by atoms with E-state index in [-0.39, 0.29) is 0 Å². The van der Waals surface area contributed by atoms with Crippen LogP contribution in [-0.2, 0) is 7.05 Å². The van der Waals surface area contributed by atoms with Crippen molar-refractivity contribution in [3.05, 3.63) is 23.8 Å². The molecule has 1 aromatic heterocycles. The fraction of sp³-hybridized carbons (Fsp3) is 0.111. The van der Waals surface area contributed by atoms with E-state index in [1.54, 1.807) is 10.6 Å². The number of hydrogen-bond donors (Lipinski definition) is 1. The molecule has 2 rings (SSSR count). The van der Waals surface area contributed by atoms with Crippen LogP contribution < -0.4 is 5.73 Å². The van der Waals surface area contributed by atoms with Gasteiger partial charge in [-0.2, -0.15) is 5.26 Å². The monoisotopic (exact) mass is 172 g/mol. The Kier molecular flexibility index (Phi) is 1.46. The number of nitrogen functional groups attached to an aromatic ring is 1. The average molecular weight is 172 g/mol. The molecule has 2 aromatic rings. The van der Waals surface area contributed by atoms with Crippen molar-refractivity contribution < 1.29 is 0 Å². The molecule has 0 bridgehead atoms. The Morgan fingerprint density at radius 3 is 3.00 bits per heavy atom. The van der Waals surface area contributed by atoms with E-state index in [9.17, 15) is 0 Å². The Morgan fingerprint density at radius 1 is 1.54 bits per heavy atom. The summed E-state index contributed by atoms with van der Waals surface area (Å²) < 4.78 is 1.76. The molecule has 0 fully saturated rings. The molecule has 64 valence electrons. The van der Waals surface area contributed by atoms with Crippen LogP contribution in [0.5, 0.6) is 0 Å². The number of fused-ring (bicyclic) bond motifs is 1. The van der Waals surface area contributed by atoms with Gasteiger partial charge in [-0.25, -0.2) is 4.98 Å². The molecule has 0 unspecified atom stereocenters. The van der Waals surface area contributed by atoms with Crippen molar-refractivity contribution in [3.63, 3.8) is 0 Å². The van der Waals surface area contributed by atoms with Crippen molar-refractivity contribution in [2.24, 2.45) is 7.05 Å². The number of anilines is 1. The summed E-state index contributed by atoms with van der Waals surface area (Å²) in [7, 11) is 1.83. The van der Waals surface area contributed by atoms with Gasteiger partial charge in [-0.1, -0.05) is 6.07 Å². The number of rotatable bonds is 0. The van der Waals surface area contributed by atoms with E-state index >= 15 is 0 Å². The van der Waals surface area contributed by atoms with Crippen LogP contribution in [0, 0.1) is 11.3 Å². The summed E-state index contributed by atoms with van der Waals surface area (Å²) in [6.45, 7) is 0. The van der Waals surface area contributed by atoms with Crippen LogP contribution in [0.1, 0.15) is 5.56 Å². The van der Waals surface area contributed by atoms with Gasteiger partial charge in [-0.05, 0) is 12.1 Å². The third kappa shape index (κ3) is 0.942. The van der Waals surface area contributed by atoms with Crippen molar-refractivity contribution in [3.8, 4) is 6.07 Å². The van der Waals surface area contributed by atoms with Crippen molar-refractivity contribution in [2.75, 3.05) is 5.73 Å². The van der Waals surface area contributed by atoms with E-state index in [4.69, 9.17) is 11.0 Å². The van der Waals surface area contributed by atoms with Crippen molar-refractivity contribution in [2.45, 2.75) is 0 Å². The fourth-order valence-corrected chi connectivity index (χ4v) is 1.32. The summed E-state index contributed by atoms with van der Waals surface area (Å²) in [6.07, 6.45) is 0. The maximum Gasteiger partial charge on any atom is 0.200 e. The molecule has 0 radical (unpaired) electrons. The molecular weight excluding hydrogens is 164 g/mol. The maximum atomic E-state index is 8.80. The molecular formula is C9H8N4. The van der Waals surface area contributed by atoms with E-state index in [2.05, 4.69) is 11.1 Å². The summed E-state index contributed by atoms with van der Waals surface area (Å²) in [5, 5.41) is 8.80. The molecule has 0 aliphatic heterocycles. The van der Waals surface area contributed by atoms with Crippen LogP contribution in [0.3, 0.4) is 0 Å². The summed E-state index contributed by atoms with van der Waals surface area (Å²) in [4.78, 5) is 4.10. The third-order valence-electron chi connectivity index (χ3n) is 2.07. The van der Waals surface area contributed by atoms with Gasteiger partial charge in [0.25, 0.3) is 0 Å². The number of aryl methyl sites for hydroxylation is 1. The maximum absolute atomic E-state index is 8.80. The summed E-state index contributed by atoms with van der Waals surface area (Å²) in [5.41, 5.74) is 7.74. The number of aromatic nitrogens is 2. The van der Waals surface area contributed by atoms with Crippen molar-refractivity contribution in [1.29, 1.82) is 5.26 Å². The van der Waals surface area contributed by atoms with E-state index in [0.29, 0.717) is 17.0 Å². The van der Waals surface area contributed by atoms with Crippen LogP contribution in [0.25, 0.3) is 11.0 Å². The van der Waals surface area contributed by atoms with Gasteiger partial charge < -0.3 is 10.3 Å². The second-order valence-corrected chi connectivity index (χ2v) is 2.81. The van der Waals surface area contributed by atoms with Crippen LogP contribution in [0.15, 0.2) is 18.2 Å². The summed E-state index contributed by atoms with van der Waals surface area (Å²) in [5.74, 6) is 0.428. The zero-order chi connectivity index (χ0) is 9.42. The van der Waals surface area contributed by atoms with Gasteiger partial charge in [0.1, 0.15) is 11.6 Å². The van der Waals surface area contributed by atoms with Gasteiger partial charge in [0, 0.05) is 7.05 Å². The van der Waals surface area contributed by atoms with Crippen molar-refractivity contribution >= 4 is 17.0 Å². The molecule has 4 nitrogen and oxygen atoms in total. The molecule has 1 heterocycles. The van der Waals surface area contributed by atoms with Crippen LogP contribution in [0.2, 0.25) is 0 Å². The topological polar surface area (TPSA) is 67.6 Å². The lowest BCUT2D eigenvalue weighted by Crippen LogP contribution is -1.95. The Hall–Kier alpha value is -2.02. The summed E-state index contributed by atoms with van der Waals surface area (Å²) >= 11 is 0. The lowest BCUT2D eigenvalue weighted by Gasteiger charge is -1.94. The number of para-hydroxylation sites is 1. The van der Waals surface area contributed by atoms with E-state index in [0.717, 1.165) is 5.52 Å². The molecule has 0 saturated carbocycles. The van der Waals surface area contributed by atoms with Crippen LogP contribution >= 0.6 is 0 Å². The quantitative estimate of drug-likeness (QED) is 0.645. The normalized spacial score (nSPS) is 10.2. The second-order valence-electron chi connectivity index (χ2n) is 2.81. The highest BCUT2D eigenvalue weighted by atomic mass is 15.1. The molecule has 0 atom stereocenters. The Bertz CT molecular complexity index is 504. The number of nitrogens with zero attached hydrogens (tertiary/aromatic N) is 3. The molecule has 0 spiro atoms. The molecule has 13 heavy (non-hydrogen) atoms. The third-order valence-corrected chi connectivity index (χ3v) is 2.07. The SMILES string of the molecule is Cn1c(N)nc2c(C#N)cccc21. The Morgan fingerprint density at radius 2 is 2.31 bits per heavy atom. The fourth-order valence-electron chi connectivity index (χ4n) is 1.32. The van der Waals surface area contributed by atoms with Gasteiger partial charge in [0.2, 0.25) is 5.95 Å². The van der Waals surface area contributed by atoms with Crippen LogP contribution in [-0.4, -0.2) is 9.55 Å². The molecule has 0 aliphatic carbocycles. The number of benzene rings is 1. The highest BCUT2D eigenvalue weighted by Gasteiger charge is 2.07. The first kappa shape index (κ1) is 7.62. The minimum atomic E-state index is 0.428. The highest BCUT2D eigenvalue weighted by Crippen LogP contribution is 2.18. The second kappa shape index (κ2) is 2.49. The predicted octanol–water partition coefficient (Wildman–Crippen LogP) is 1.03. The number of hydrogen-bond acceptors (Lipinski definition) is 3. The first-order valence-corrected chi connectivity index (χ1v) is 3.85. The van der Waals surface area contributed by atoms with E-state index in [1.165, 1.54) is 0 Å². The van der Waals surface area contributed by atoms with Gasteiger partial charge in [0.05, 0.1) is 11.1 Å². The molecule has 0 saturated heterocycles. The van der Waals surface area contributed by atoms with Gasteiger partial charge in [0.15, 0.2) is 0 Å². The smallest absolute Gasteiger partial charge is 0.200 e. The first-order chi connectivity index (χ1) is 6.24. The zero-order valence-corrected chi connectivity index (χ0v) is 7.15. The lowest BCUT2D eigenvalue weighted by molar-refractivity contribution is 0.965. The number of imidazole rings is 1. The van der Waals surface area contributed by atoms with E-state index in [1.807, 2.05) is 19.2 Å². The highest BCUT2D eigenvalue weighted by molar-refractivity contribution is 5.83. The molecule has 2 N–H and O–H groups in total. The molecule has 0 amide bonds.